The Morgan fingerprint density at radius 1 is 1.00 bits per heavy atom. The molecule has 6 heteroatoms. The van der Waals surface area contributed by atoms with Crippen molar-refractivity contribution in [1.29, 1.82) is 0 Å². The van der Waals surface area contributed by atoms with Crippen molar-refractivity contribution in [2.45, 2.75) is 6.42 Å². The highest BCUT2D eigenvalue weighted by Gasteiger charge is 2.21. The molecule has 0 saturated carbocycles. The van der Waals surface area contributed by atoms with Crippen molar-refractivity contribution in [3.05, 3.63) is 90.3 Å². The van der Waals surface area contributed by atoms with Crippen LogP contribution in [0, 0.1) is 0 Å². The zero-order valence-electron chi connectivity index (χ0n) is 15.9. The van der Waals surface area contributed by atoms with Gasteiger partial charge in [0.15, 0.2) is 0 Å². The van der Waals surface area contributed by atoms with Gasteiger partial charge in [-0.3, -0.25) is 9.88 Å². The van der Waals surface area contributed by atoms with Crippen LogP contribution in [0.25, 0.3) is 10.9 Å². The first-order valence-electron chi connectivity index (χ1n) is 9.17. The van der Waals surface area contributed by atoms with E-state index in [1.807, 2.05) is 66.7 Å². The summed E-state index contributed by atoms with van der Waals surface area (Å²) in [5.74, 6) is 0.336. The van der Waals surface area contributed by atoms with E-state index in [4.69, 9.17) is 10.5 Å². The molecule has 2 aromatic carbocycles. The van der Waals surface area contributed by atoms with Crippen molar-refractivity contribution in [3.8, 4) is 5.88 Å². The van der Waals surface area contributed by atoms with Gasteiger partial charge in [0.25, 0.3) is 0 Å². The fourth-order valence-electron chi connectivity index (χ4n) is 3.28. The molecule has 144 valence electrons. The average Bonchev–Trinajstić information content (AvgIpc) is 2.75. The van der Waals surface area contributed by atoms with Crippen LogP contribution in [0.1, 0.15) is 11.1 Å². The van der Waals surface area contributed by atoms with E-state index in [0.29, 0.717) is 17.3 Å². The molecular formula is C23H20N4O2. The number of fused-ring (bicyclic) bond motifs is 1. The highest BCUT2D eigenvalue weighted by atomic mass is 16.5. The van der Waals surface area contributed by atoms with E-state index < -0.39 is 6.03 Å². The van der Waals surface area contributed by atoms with Gasteiger partial charge in [-0.1, -0.05) is 30.3 Å². The second-order valence-electron chi connectivity index (χ2n) is 6.58. The number of benzene rings is 2. The first-order valence-corrected chi connectivity index (χ1v) is 9.17. The summed E-state index contributed by atoms with van der Waals surface area (Å²) in [6.45, 7) is 0. The summed E-state index contributed by atoms with van der Waals surface area (Å²) in [7, 11) is 1.53. The van der Waals surface area contributed by atoms with Crippen LogP contribution >= 0.6 is 0 Å². The minimum absolute atomic E-state index is 0.336. The number of pyridine rings is 2. The Morgan fingerprint density at radius 2 is 1.69 bits per heavy atom. The molecule has 0 unspecified atom stereocenters. The number of hydrogen-bond acceptors (Lipinski definition) is 4. The summed E-state index contributed by atoms with van der Waals surface area (Å²) in [6.07, 6.45) is 4.33. The number of ether oxygens (including phenoxy) is 1. The number of nitrogens with two attached hydrogens (primary N) is 1. The van der Waals surface area contributed by atoms with Gasteiger partial charge in [-0.15, -0.1) is 0 Å². The van der Waals surface area contributed by atoms with E-state index in [1.54, 1.807) is 12.4 Å². The average molecular weight is 384 g/mol. The van der Waals surface area contributed by atoms with E-state index in [2.05, 4.69) is 9.97 Å². The Hall–Kier alpha value is -3.93. The van der Waals surface area contributed by atoms with Gasteiger partial charge in [0.1, 0.15) is 5.69 Å². The summed E-state index contributed by atoms with van der Waals surface area (Å²) in [4.78, 5) is 22.3. The Balaban J connectivity index is 1.71. The number of anilines is 2. The van der Waals surface area contributed by atoms with Crippen molar-refractivity contribution >= 4 is 28.3 Å². The lowest BCUT2D eigenvalue weighted by Crippen LogP contribution is -2.31. The molecule has 0 spiro atoms. The number of amides is 2. The number of para-hydroxylation sites is 1. The molecule has 2 N–H and O–H groups in total. The van der Waals surface area contributed by atoms with Crippen molar-refractivity contribution in [3.63, 3.8) is 0 Å². The van der Waals surface area contributed by atoms with Crippen LogP contribution in [0.4, 0.5) is 16.2 Å². The number of rotatable bonds is 5. The molecule has 0 saturated heterocycles. The molecule has 0 aliphatic carbocycles. The van der Waals surface area contributed by atoms with E-state index in [0.717, 1.165) is 22.9 Å². The van der Waals surface area contributed by atoms with Crippen LogP contribution in [0.2, 0.25) is 0 Å². The Bertz CT molecular complexity index is 1140. The normalized spacial score (nSPS) is 10.7. The van der Waals surface area contributed by atoms with Gasteiger partial charge >= 0.3 is 6.03 Å². The van der Waals surface area contributed by atoms with Gasteiger partial charge in [0, 0.05) is 17.8 Å². The SMILES string of the molecule is COc1nc2ccccc2cc1N(C(N)=O)c1ccc(Cc2ccncc2)cc1. The van der Waals surface area contributed by atoms with Crippen LogP contribution in [-0.2, 0) is 6.42 Å². The van der Waals surface area contributed by atoms with Crippen LogP contribution in [0.5, 0.6) is 5.88 Å². The van der Waals surface area contributed by atoms with Gasteiger partial charge in [0.05, 0.1) is 18.3 Å². The van der Waals surface area contributed by atoms with Crippen molar-refractivity contribution in [2.24, 2.45) is 5.73 Å². The number of aromatic nitrogens is 2. The summed E-state index contributed by atoms with van der Waals surface area (Å²) >= 11 is 0. The first kappa shape index (κ1) is 18.4. The van der Waals surface area contributed by atoms with Crippen LogP contribution in [0.3, 0.4) is 0 Å². The molecule has 0 bridgehead atoms. The molecule has 29 heavy (non-hydrogen) atoms. The Labute approximate surface area is 168 Å². The molecule has 0 fully saturated rings. The van der Waals surface area contributed by atoms with E-state index in [1.165, 1.54) is 17.6 Å². The predicted octanol–water partition coefficient (Wildman–Crippen LogP) is 4.45. The molecule has 0 atom stereocenters. The van der Waals surface area contributed by atoms with Gasteiger partial charge < -0.3 is 10.5 Å². The lowest BCUT2D eigenvalue weighted by atomic mass is 10.1. The molecule has 4 aromatic rings. The zero-order chi connectivity index (χ0) is 20.2. The maximum Gasteiger partial charge on any atom is 0.324 e. The fraction of sp³-hybridized carbons (Fsp3) is 0.0870. The van der Waals surface area contributed by atoms with Gasteiger partial charge in [-0.25, -0.2) is 9.78 Å². The first-order chi connectivity index (χ1) is 14.2. The summed E-state index contributed by atoms with van der Waals surface area (Å²) in [5, 5.41) is 0.892. The summed E-state index contributed by atoms with van der Waals surface area (Å²) in [6, 6.07) is 20.6. The number of carbonyl (C=O) groups is 1. The number of nitrogens with zero attached hydrogens (tertiary/aromatic N) is 3. The van der Waals surface area contributed by atoms with Crippen molar-refractivity contribution in [2.75, 3.05) is 12.0 Å². The molecule has 0 aliphatic heterocycles. The van der Waals surface area contributed by atoms with Gasteiger partial charge in [-0.2, -0.15) is 0 Å². The third-order valence-corrected chi connectivity index (χ3v) is 4.68. The number of carbonyl (C=O) groups excluding carboxylic acids is 1. The predicted molar refractivity (Wildman–Crippen MR) is 114 cm³/mol. The van der Waals surface area contributed by atoms with Gasteiger partial charge in [0.2, 0.25) is 5.88 Å². The Morgan fingerprint density at radius 3 is 2.38 bits per heavy atom. The smallest absolute Gasteiger partial charge is 0.324 e. The van der Waals surface area contributed by atoms with E-state index in [-0.39, 0.29) is 0 Å². The molecule has 2 amide bonds. The maximum absolute atomic E-state index is 12.3. The number of primary amides is 1. The number of hydrogen-bond donors (Lipinski definition) is 1. The highest BCUT2D eigenvalue weighted by molar-refractivity contribution is 6.01. The molecule has 0 aliphatic rings. The van der Waals surface area contributed by atoms with Crippen LogP contribution in [-0.4, -0.2) is 23.1 Å². The molecular weight excluding hydrogens is 364 g/mol. The quantitative estimate of drug-likeness (QED) is 0.551. The van der Waals surface area contributed by atoms with Crippen molar-refractivity contribution in [1.82, 2.24) is 9.97 Å². The largest absolute Gasteiger partial charge is 0.479 e. The third kappa shape index (κ3) is 3.87. The minimum atomic E-state index is -0.609. The third-order valence-electron chi connectivity index (χ3n) is 4.68. The molecule has 2 heterocycles. The molecule has 4 rings (SSSR count). The van der Waals surface area contributed by atoms with Crippen LogP contribution in [0.15, 0.2) is 79.1 Å². The lowest BCUT2D eigenvalue weighted by Gasteiger charge is -2.23. The number of urea groups is 1. The summed E-state index contributed by atoms with van der Waals surface area (Å²) < 4.78 is 5.44. The maximum atomic E-state index is 12.3. The standard InChI is InChI=1S/C23H20N4O2/c1-29-22-21(15-18-4-2-3-5-20(18)26-22)27(23(24)28)19-8-6-16(7-9-19)14-17-10-12-25-13-11-17/h2-13,15H,14H2,1H3,(H2,24,28). The second kappa shape index (κ2) is 7.98. The molecule has 0 radical (unpaired) electrons. The zero-order valence-corrected chi connectivity index (χ0v) is 15.9. The topological polar surface area (TPSA) is 81.3 Å². The minimum Gasteiger partial charge on any atom is -0.479 e. The highest BCUT2D eigenvalue weighted by Crippen LogP contribution is 2.35. The number of methoxy groups -OCH3 is 1. The van der Waals surface area contributed by atoms with Crippen molar-refractivity contribution < 1.29 is 9.53 Å². The van der Waals surface area contributed by atoms with Crippen LogP contribution < -0.4 is 15.4 Å². The van der Waals surface area contributed by atoms with E-state index >= 15 is 0 Å². The Kier molecular flexibility index (Phi) is 5.07. The molecule has 2 aromatic heterocycles. The van der Waals surface area contributed by atoms with Gasteiger partial charge in [-0.05, 0) is 53.9 Å². The second-order valence-corrected chi connectivity index (χ2v) is 6.58. The monoisotopic (exact) mass is 384 g/mol. The lowest BCUT2D eigenvalue weighted by molar-refractivity contribution is 0.256. The summed E-state index contributed by atoms with van der Waals surface area (Å²) in [5.41, 5.74) is 9.94. The van der Waals surface area contributed by atoms with E-state index in [9.17, 15) is 4.79 Å². The fourth-order valence-corrected chi connectivity index (χ4v) is 3.28. The molecule has 6 nitrogen and oxygen atoms in total.